The van der Waals surface area contributed by atoms with Crippen molar-refractivity contribution in [2.24, 2.45) is 17.8 Å². The molecular formula is C16H25B. The van der Waals surface area contributed by atoms with E-state index in [4.69, 9.17) is 0 Å². The van der Waals surface area contributed by atoms with Gasteiger partial charge in [-0.3, -0.25) is 0 Å². The topological polar surface area (TPSA) is 0 Å². The zero-order valence-corrected chi connectivity index (χ0v) is 11.7. The van der Waals surface area contributed by atoms with Crippen LogP contribution in [0, 0.1) is 24.7 Å². The molecular weight excluding hydrogens is 203 g/mol. The van der Waals surface area contributed by atoms with Crippen LogP contribution in [0.4, 0.5) is 0 Å². The lowest BCUT2D eigenvalue weighted by Crippen LogP contribution is -2.40. The fourth-order valence-electron chi connectivity index (χ4n) is 3.89. The van der Waals surface area contributed by atoms with Crippen molar-refractivity contribution in [3.63, 3.8) is 0 Å². The molecule has 2 rings (SSSR count). The van der Waals surface area contributed by atoms with Gasteiger partial charge in [0.05, 0.1) is 0 Å². The molecule has 0 bridgehead atoms. The predicted octanol–water partition coefficient (Wildman–Crippen LogP) is 3.74. The van der Waals surface area contributed by atoms with Crippen LogP contribution in [-0.2, 0) is 0 Å². The summed E-state index contributed by atoms with van der Waals surface area (Å²) in [6, 6.07) is 8.94. The normalized spacial score (nSPS) is 29.7. The zero-order valence-electron chi connectivity index (χ0n) is 11.7. The highest BCUT2D eigenvalue weighted by Crippen LogP contribution is 2.50. The van der Waals surface area contributed by atoms with Gasteiger partial charge in [0.2, 0.25) is 0 Å². The Labute approximate surface area is 107 Å². The minimum absolute atomic E-state index is 0.736. The SMILES string of the molecule is BC(c1ccccc1C)C1C(CC)CC1CC. The maximum atomic E-state index is 2.44. The maximum absolute atomic E-state index is 2.44. The Bertz CT molecular complexity index is 362. The van der Waals surface area contributed by atoms with Crippen LogP contribution in [0.3, 0.4) is 0 Å². The van der Waals surface area contributed by atoms with Gasteiger partial charge in [0, 0.05) is 0 Å². The van der Waals surface area contributed by atoms with Gasteiger partial charge in [0.15, 0.2) is 0 Å². The van der Waals surface area contributed by atoms with Crippen LogP contribution in [-0.4, -0.2) is 7.85 Å². The summed E-state index contributed by atoms with van der Waals surface area (Å²) in [7, 11) is 2.44. The van der Waals surface area contributed by atoms with Crippen LogP contribution in [0.15, 0.2) is 24.3 Å². The molecule has 17 heavy (non-hydrogen) atoms. The first-order valence-electron chi connectivity index (χ1n) is 7.24. The fourth-order valence-corrected chi connectivity index (χ4v) is 3.89. The average molecular weight is 228 g/mol. The third-order valence-corrected chi connectivity index (χ3v) is 5.00. The third-order valence-electron chi connectivity index (χ3n) is 5.00. The standard InChI is InChI=1S/C16H25B/c1-4-12-10-13(5-2)15(12)16(17)14-9-7-6-8-11(14)3/h6-9,12-13,15-16H,4-5,10,17H2,1-3H3. The van der Waals surface area contributed by atoms with E-state index in [0.717, 1.165) is 23.6 Å². The summed E-state index contributed by atoms with van der Waals surface area (Å²) in [6.07, 6.45) is 4.18. The molecule has 0 aromatic heterocycles. The second-order valence-electron chi connectivity index (χ2n) is 5.79. The average Bonchev–Trinajstić information content (AvgIpc) is 2.29. The van der Waals surface area contributed by atoms with Gasteiger partial charge < -0.3 is 0 Å². The van der Waals surface area contributed by atoms with Crippen molar-refractivity contribution in [2.45, 2.75) is 45.9 Å². The van der Waals surface area contributed by atoms with Crippen LogP contribution in [0.1, 0.15) is 50.1 Å². The largest absolute Gasteiger partial charge is 0.111 e. The van der Waals surface area contributed by atoms with E-state index < -0.39 is 0 Å². The van der Waals surface area contributed by atoms with Gasteiger partial charge in [-0.2, -0.15) is 0 Å². The summed E-state index contributed by atoms with van der Waals surface area (Å²) < 4.78 is 0. The van der Waals surface area contributed by atoms with Gasteiger partial charge in [-0.1, -0.05) is 51.0 Å². The van der Waals surface area contributed by atoms with E-state index in [0.29, 0.717) is 0 Å². The van der Waals surface area contributed by atoms with Crippen LogP contribution in [0.5, 0.6) is 0 Å². The van der Waals surface area contributed by atoms with E-state index in [1.807, 2.05) is 0 Å². The molecule has 3 atom stereocenters. The maximum Gasteiger partial charge on any atom is 0.111 e. The quantitative estimate of drug-likeness (QED) is 0.688. The van der Waals surface area contributed by atoms with E-state index in [1.165, 1.54) is 24.8 Å². The molecule has 3 unspecified atom stereocenters. The van der Waals surface area contributed by atoms with E-state index in [9.17, 15) is 0 Å². The smallest absolute Gasteiger partial charge is 0.0651 e. The van der Waals surface area contributed by atoms with Crippen LogP contribution in [0.2, 0.25) is 0 Å². The second-order valence-corrected chi connectivity index (χ2v) is 5.79. The highest BCUT2D eigenvalue weighted by atomic mass is 14.4. The Morgan fingerprint density at radius 2 is 1.76 bits per heavy atom. The predicted molar refractivity (Wildman–Crippen MR) is 78.1 cm³/mol. The lowest BCUT2D eigenvalue weighted by molar-refractivity contribution is 0.0599. The Kier molecular flexibility index (Phi) is 3.96. The molecule has 1 aromatic carbocycles. The third kappa shape index (κ3) is 2.29. The molecule has 1 aliphatic carbocycles. The summed E-state index contributed by atoms with van der Waals surface area (Å²) in [4.78, 5) is 0. The Hall–Kier alpha value is -0.715. The van der Waals surface area contributed by atoms with Gasteiger partial charge in [-0.25, -0.2) is 0 Å². The van der Waals surface area contributed by atoms with Crippen LogP contribution >= 0.6 is 0 Å². The van der Waals surface area contributed by atoms with Gasteiger partial charge in [0.25, 0.3) is 0 Å². The van der Waals surface area contributed by atoms with E-state index in [-0.39, 0.29) is 0 Å². The first-order valence-corrected chi connectivity index (χ1v) is 7.24. The summed E-state index contributed by atoms with van der Waals surface area (Å²) >= 11 is 0. The molecule has 0 nitrogen and oxygen atoms in total. The molecule has 1 saturated carbocycles. The number of rotatable bonds is 4. The minimum atomic E-state index is 0.736. The molecule has 1 aromatic rings. The number of aryl methyl sites for hydroxylation is 1. The van der Waals surface area contributed by atoms with Crippen molar-refractivity contribution in [3.8, 4) is 0 Å². The summed E-state index contributed by atoms with van der Waals surface area (Å²) in [5.41, 5.74) is 3.05. The van der Waals surface area contributed by atoms with E-state index >= 15 is 0 Å². The van der Waals surface area contributed by atoms with Gasteiger partial charge in [-0.05, 0) is 48.0 Å². The molecule has 1 aliphatic rings. The van der Waals surface area contributed by atoms with E-state index in [1.54, 1.807) is 5.56 Å². The van der Waals surface area contributed by atoms with Crippen molar-refractivity contribution >= 4 is 7.85 Å². The molecule has 1 fully saturated rings. The highest BCUT2D eigenvalue weighted by Gasteiger charge is 2.41. The lowest BCUT2D eigenvalue weighted by atomic mass is 9.52. The Morgan fingerprint density at radius 1 is 1.18 bits per heavy atom. The molecule has 0 aliphatic heterocycles. The monoisotopic (exact) mass is 228 g/mol. The van der Waals surface area contributed by atoms with Crippen molar-refractivity contribution < 1.29 is 0 Å². The number of hydrogen-bond donors (Lipinski definition) is 0. The molecule has 1 heteroatoms. The van der Waals surface area contributed by atoms with Crippen molar-refractivity contribution in [2.75, 3.05) is 0 Å². The first-order chi connectivity index (χ1) is 8.19. The van der Waals surface area contributed by atoms with Crippen LogP contribution < -0.4 is 0 Å². The number of hydrogen-bond acceptors (Lipinski definition) is 0. The molecule has 0 saturated heterocycles. The lowest BCUT2D eigenvalue weighted by Gasteiger charge is -2.48. The highest BCUT2D eigenvalue weighted by molar-refractivity contribution is 6.12. The van der Waals surface area contributed by atoms with Crippen molar-refractivity contribution in [3.05, 3.63) is 35.4 Å². The fraction of sp³-hybridized carbons (Fsp3) is 0.625. The summed E-state index contributed by atoms with van der Waals surface area (Å²) in [5.74, 6) is 3.59. The number of benzene rings is 1. The Balaban J connectivity index is 2.18. The Morgan fingerprint density at radius 3 is 2.29 bits per heavy atom. The van der Waals surface area contributed by atoms with Gasteiger partial charge in [0.1, 0.15) is 7.85 Å². The van der Waals surface area contributed by atoms with Crippen molar-refractivity contribution in [1.82, 2.24) is 0 Å². The molecule has 0 heterocycles. The second kappa shape index (κ2) is 5.29. The van der Waals surface area contributed by atoms with Gasteiger partial charge >= 0.3 is 0 Å². The molecule has 92 valence electrons. The van der Waals surface area contributed by atoms with Crippen molar-refractivity contribution in [1.29, 1.82) is 0 Å². The summed E-state index contributed by atoms with van der Waals surface area (Å²) in [6.45, 7) is 6.97. The minimum Gasteiger partial charge on any atom is -0.0651 e. The van der Waals surface area contributed by atoms with Gasteiger partial charge in [-0.15, -0.1) is 0 Å². The molecule has 0 amide bonds. The first kappa shape index (κ1) is 12.7. The van der Waals surface area contributed by atoms with E-state index in [2.05, 4.69) is 52.9 Å². The van der Waals surface area contributed by atoms with Crippen LogP contribution in [0.25, 0.3) is 0 Å². The summed E-state index contributed by atoms with van der Waals surface area (Å²) in [5, 5.41) is 0. The molecule has 0 spiro atoms. The zero-order chi connectivity index (χ0) is 12.4. The molecule has 0 N–H and O–H groups in total. The molecule has 0 radical (unpaired) electrons.